The molecule has 0 aliphatic heterocycles. The van der Waals surface area contributed by atoms with E-state index in [1.54, 1.807) is 17.7 Å². The standard InChI is InChI=1S/C8H7BrN2S.C4H4O4/c9-8-6(1-2-12-8)3-7-4-10-5-11-7;5-3(6)1-2-4(7)8/h1-2,4-5H,3H2,(H,10,11);1-2H,(H,5,6)(H,7,8)/b;2-1+. The van der Waals surface area contributed by atoms with Gasteiger partial charge in [-0.25, -0.2) is 14.6 Å². The molecule has 0 saturated carbocycles. The van der Waals surface area contributed by atoms with Gasteiger partial charge in [-0.1, -0.05) is 0 Å². The van der Waals surface area contributed by atoms with Crippen molar-refractivity contribution in [3.05, 3.63) is 51.2 Å². The van der Waals surface area contributed by atoms with Crippen LogP contribution in [0.15, 0.2) is 39.9 Å². The first-order valence-electron chi connectivity index (χ1n) is 5.32. The Morgan fingerprint density at radius 3 is 2.40 bits per heavy atom. The predicted molar refractivity (Wildman–Crippen MR) is 77.8 cm³/mol. The van der Waals surface area contributed by atoms with Gasteiger partial charge in [-0.15, -0.1) is 11.3 Å². The molecule has 2 rings (SSSR count). The van der Waals surface area contributed by atoms with Crippen molar-refractivity contribution in [2.75, 3.05) is 0 Å². The minimum absolute atomic E-state index is 0.558. The highest BCUT2D eigenvalue weighted by atomic mass is 79.9. The molecule has 0 aliphatic carbocycles. The van der Waals surface area contributed by atoms with Gasteiger partial charge in [0, 0.05) is 30.5 Å². The summed E-state index contributed by atoms with van der Waals surface area (Å²) in [5.74, 6) is -2.51. The van der Waals surface area contributed by atoms with Crippen molar-refractivity contribution >= 4 is 39.2 Å². The Labute approximate surface area is 126 Å². The van der Waals surface area contributed by atoms with Crippen LogP contribution >= 0.6 is 27.3 Å². The van der Waals surface area contributed by atoms with Crippen molar-refractivity contribution in [3.63, 3.8) is 0 Å². The van der Waals surface area contributed by atoms with Gasteiger partial charge in [-0.2, -0.15) is 0 Å². The lowest BCUT2D eigenvalue weighted by molar-refractivity contribution is -0.134. The van der Waals surface area contributed by atoms with Crippen LogP contribution in [0.5, 0.6) is 0 Å². The molecule has 8 heteroatoms. The van der Waals surface area contributed by atoms with E-state index in [-0.39, 0.29) is 0 Å². The first-order valence-corrected chi connectivity index (χ1v) is 6.99. The topological polar surface area (TPSA) is 103 Å². The first-order chi connectivity index (χ1) is 9.49. The molecule has 0 saturated heterocycles. The molecule has 106 valence electrons. The van der Waals surface area contributed by atoms with Crippen LogP contribution < -0.4 is 0 Å². The SMILES string of the molecule is Brc1sccc1Cc1cnc[nH]1.O=C(O)/C=C/C(=O)O. The van der Waals surface area contributed by atoms with Gasteiger partial charge in [0.15, 0.2) is 0 Å². The Morgan fingerprint density at radius 1 is 1.35 bits per heavy atom. The number of hydrogen-bond donors (Lipinski definition) is 3. The number of H-pyrrole nitrogens is 1. The highest BCUT2D eigenvalue weighted by Gasteiger charge is 2.02. The molecule has 0 spiro atoms. The molecule has 2 heterocycles. The Kier molecular flexibility index (Phi) is 6.68. The molecule has 0 fully saturated rings. The number of carbonyl (C=O) groups is 2. The summed E-state index contributed by atoms with van der Waals surface area (Å²) in [6.07, 6.45) is 5.59. The van der Waals surface area contributed by atoms with E-state index in [1.165, 1.54) is 9.35 Å². The minimum atomic E-state index is -1.26. The number of aromatic amines is 1. The second-order valence-corrected chi connectivity index (χ2v) is 5.72. The molecule has 0 atom stereocenters. The number of carboxylic acids is 2. The zero-order chi connectivity index (χ0) is 15.0. The molecule has 0 aromatic carbocycles. The number of nitrogens with zero attached hydrogens (tertiary/aromatic N) is 1. The van der Waals surface area contributed by atoms with E-state index in [0.717, 1.165) is 12.1 Å². The quantitative estimate of drug-likeness (QED) is 0.728. The van der Waals surface area contributed by atoms with Crippen molar-refractivity contribution in [3.8, 4) is 0 Å². The maximum Gasteiger partial charge on any atom is 0.328 e. The summed E-state index contributed by atoms with van der Waals surface area (Å²) in [6.45, 7) is 0. The number of aromatic nitrogens is 2. The van der Waals surface area contributed by atoms with E-state index >= 15 is 0 Å². The van der Waals surface area contributed by atoms with Gasteiger partial charge in [-0.3, -0.25) is 0 Å². The summed E-state index contributed by atoms with van der Waals surface area (Å²) in [4.78, 5) is 26.1. The molecule has 2 aromatic rings. The van der Waals surface area contributed by atoms with Crippen LogP contribution in [0, 0.1) is 0 Å². The maximum absolute atomic E-state index is 9.55. The van der Waals surface area contributed by atoms with E-state index in [0.29, 0.717) is 12.2 Å². The largest absolute Gasteiger partial charge is 0.478 e. The number of aliphatic carboxylic acids is 2. The molecule has 0 amide bonds. The Balaban J connectivity index is 0.000000221. The van der Waals surface area contributed by atoms with E-state index in [1.807, 2.05) is 6.20 Å². The van der Waals surface area contributed by atoms with Gasteiger partial charge in [0.1, 0.15) is 0 Å². The maximum atomic E-state index is 9.55. The van der Waals surface area contributed by atoms with Crippen LogP contribution in [0.25, 0.3) is 0 Å². The van der Waals surface area contributed by atoms with E-state index in [4.69, 9.17) is 10.2 Å². The summed E-state index contributed by atoms with van der Waals surface area (Å²) in [6, 6.07) is 2.12. The number of carboxylic acid groups (broad SMARTS) is 2. The Bertz CT molecular complexity index is 576. The minimum Gasteiger partial charge on any atom is -0.478 e. The van der Waals surface area contributed by atoms with Crippen molar-refractivity contribution in [2.24, 2.45) is 0 Å². The van der Waals surface area contributed by atoms with Gasteiger partial charge < -0.3 is 15.2 Å². The summed E-state index contributed by atoms with van der Waals surface area (Å²) in [5, 5.41) is 17.7. The molecule has 6 nitrogen and oxygen atoms in total. The van der Waals surface area contributed by atoms with Gasteiger partial charge in [0.25, 0.3) is 0 Å². The summed E-state index contributed by atoms with van der Waals surface area (Å²) < 4.78 is 1.21. The highest BCUT2D eigenvalue weighted by Crippen LogP contribution is 2.24. The van der Waals surface area contributed by atoms with Gasteiger partial charge in [0.2, 0.25) is 0 Å². The number of imidazole rings is 1. The average molecular weight is 359 g/mol. The molecular weight excluding hydrogens is 348 g/mol. The smallest absolute Gasteiger partial charge is 0.328 e. The van der Waals surface area contributed by atoms with Crippen molar-refractivity contribution in [1.82, 2.24) is 9.97 Å². The third-order valence-electron chi connectivity index (χ3n) is 2.00. The lowest BCUT2D eigenvalue weighted by Gasteiger charge is -1.94. The van der Waals surface area contributed by atoms with Gasteiger partial charge in [0.05, 0.1) is 10.1 Å². The number of rotatable bonds is 4. The number of thiophene rings is 1. The first kappa shape index (κ1) is 16.1. The van der Waals surface area contributed by atoms with Crippen molar-refractivity contribution in [2.45, 2.75) is 6.42 Å². The van der Waals surface area contributed by atoms with Gasteiger partial charge >= 0.3 is 11.9 Å². The van der Waals surface area contributed by atoms with Crippen LogP contribution in [0.3, 0.4) is 0 Å². The zero-order valence-corrected chi connectivity index (χ0v) is 12.5. The summed E-state index contributed by atoms with van der Waals surface area (Å²) in [5.41, 5.74) is 2.46. The Hall–Kier alpha value is -1.93. The van der Waals surface area contributed by atoms with Crippen LogP contribution in [-0.2, 0) is 16.0 Å². The second kappa shape index (κ2) is 8.28. The van der Waals surface area contributed by atoms with Gasteiger partial charge in [-0.05, 0) is 32.9 Å². The predicted octanol–water partition coefficient (Wildman–Crippen LogP) is 2.54. The van der Waals surface area contributed by atoms with Crippen molar-refractivity contribution in [1.29, 1.82) is 0 Å². The molecule has 0 radical (unpaired) electrons. The average Bonchev–Trinajstić information content (AvgIpc) is 3.01. The van der Waals surface area contributed by atoms with E-state index in [2.05, 4.69) is 37.3 Å². The third kappa shape index (κ3) is 6.30. The summed E-state index contributed by atoms with van der Waals surface area (Å²) in [7, 11) is 0. The second-order valence-electron chi connectivity index (χ2n) is 3.48. The fraction of sp³-hybridized carbons (Fsp3) is 0.0833. The Morgan fingerprint density at radius 2 is 2.00 bits per heavy atom. The van der Waals surface area contributed by atoms with Crippen LogP contribution in [0.1, 0.15) is 11.3 Å². The van der Waals surface area contributed by atoms with E-state index < -0.39 is 11.9 Å². The van der Waals surface area contributed by atoms with Crippen LogP contribution in [0.2, 0.25) is 0 Å². The normalized spacial score (nSPS) is 10.1. The number of hydrogen-bond acceptors (Lipinski definition) is 4. The lowest BCUT2D eigenvalue weighted by atomic mass is 10.2. The van der Waals surface area contributed by atoms with Crippen LogP contribution in [-0.4, -0.2) is 32.1 Å². The monoisotopic (exact) mass is 358 g/mol. The molecule has 0 bridgehead atoms. The fourth-order valence-electron chi connectivity index (χ4n) is 1.17. The molecular formula is C12H11BrN2O4S. The molecule has 0 aliphatic rings. The molecule has 20 heavy (non-hydrogen) atoms. The number of halogens is 1. The highest BCUT2D eigenvalue weighted by molar-refractivity contribution is 9.11. The third-order valence-corrected chi connectivity index (χ3v) is 3.81. The molecule has 2 aromatic heterocycles. The van der Waals surface area contributed by atoms with Crippen LogP contribution in [0.4, 0.5) is 0 Å². The van der Waals surface area contributed by atoms with E-state index in [9.17, 15) is 9.59 Å². The number of nitrogens with one attached hydrogen (secondary N) is 1. The lowest BCUT2D eigenvalue weighted by Crippen LogP contribution is -1.91. The fourth-order valence-corrected chi connectivity index (χ4v) is 2.41. The zero-order valence-electron chi connectivity index (χ0n) is 10.1. The summed E-state index contributed by atoms with van der Waals surface area (Å²) >= 11 is 5.20. The van der Waals surface area contributed by atoms with Crippen molar-refractivity contribution < 1.29 is 19.8 Å². The molecule has 3 N–H and O–H groups in total. The molecule has 0 unspecified atom stereocenters.